The van der Waals surface area contributed by atoms with Gasteiger partial charge in [0, 0.05) is 10.7 Å². The first kappa shape index (κ1) is 9.24. The van der Waals surface area contributed by atoms with Crippen molar-refractivity contribution in [1.29, 1.82) is 0 Å². The predicted molar refractivity (Wildman–Crippen MR) is 47.0 cm³/mol. The number of alkyl halides is 2. The molecule has 0 aromatic rings. The lowest BCUT2D eigenvalue weighted by atomic mass is 10.7. The second kappa shape index (κ2) is 8.24. The van der Waals surface area contributed by atoms with Gasteiger partial charge in [-0.25, -0.2) is 0 Å². The van der Waals surface area contributed by atoms with Crippen LogP contribution in [0.25, 0.3) is 0 Å². The van der Waals surface area contributed by atoms with Crippen LogP contribution in [-0.2, 0) is 4.74 Å². The number of hydrogen-bond donors (Lipinski definition) is 0. The van der Waals surface area contributed by atoms with E-state index in [1.54, 1.807) is 12.5 Å². The molecule has 0 aliphatic heterocycles. The number of hydrogen-bond acceptors (Lipinski definition) is 1. The smallest absolute Gasteiger partial charge is 0.0869 e. The maximum atomic E-state index is 4.89. The largest absolute Gasteiger partial charge is 0.473 e. The summed E-state index contributed by atoms with van der Waals surface area (Å²) in [6.45, 7) is 0. The Balaban J connectivity index is 3.08. The first-order valence-corrected chi connectivity index (χ1v) is 4.73. The van der Waals surface area contributed by atoms with E-state index >= 15 is 0 Å². The number of rotatable bonds is 4. The minimum atomic E-state index is 0.829. The van der Waals surface area contributed by atoms with Gasteiger partial charge in [0.05, 0.1) is 12.5 Å². The molecule has 0 radical (unpaired) electrons. The fraction of sp³-hybridized carbons (Fsp3) is 0.333. The summed E-state index contributed by atoms with van der Waals surface area (Å²) in [7, 11) is 0. The van der Waals surface area contributed by atoms with Crippen LogP contribution in [0.15, 0.2) is 24.7 Å². The Morgan fingerprint density at radius 1 is 1.00 bits per heavy atom. The molecule has 52 valence electrons. The lowest BCUT2D eigenvalue weighted by Gasteiger charge is -1.85. The first-order chi connectivity index (χ1) is 4.41. The summed E-state index contributed by atoms with van der Waals surface area (Å²) < 4.78 is 4.89. The van der Waals surface area contributed by atoms with Crippen LogP contribution >= 0.6 is 31.9 Å². The third-order valence-corrected chi connectivity index (χ3v) is 1.28. The van der Waals surface area contributed by atoms with Gasteiger partial charge < -0.3 is 4.74 Å². The Bertz CT molecular complexity index is 87.2. The van der Waals surface area contributed by atoms with Gasteiger partial charge in [0.2, 0.25) is 0 Å². The highest BCUT2D eigenvalue weighted by molar-refractivity contribution is 9.09. The van der Waals surface area contributed by atoms with E-state index in [1.165, 1.54) is 0 Å². The van der Waals surface area contributed by atoms with Gasteiger partial charge in [0.15, 0.2) is 0 Å². The summed E-state index contributed by atoms with van der Waals surface area (Å²) in [5.74, 6) is 0. The van der Waals surface area contributed by atoms with Gasteiger partial charge in [-0.2, -0.15) is 0 Å². The highest BCUT2D eigenvalue weighted by Gasteiger charge is 1.67. The average Bonchev–Trinajstić information content (AvgIpc) is 1.89. The normalized spacial score (nSPS) is 11.3. The Labute approximate surface area is 72.0 Å². The van der Waals surface area contributed by atoms with Crippen molar-refractivity contribution in [3.05, 3.63) is 24.7 Å². The van der Waals surface area contributed by atoms with Crippen molar-refractivity contribution in [2.75, 3.05) is 10.7 Å². The SMILES string of the molecule is BrCC=COC=CCBr. The molecule has 0 amide bonds. The zero-order chi connectivity index (χ0) is 6.95. The van der Waals surface area contributed by atoms with Crippen LogP contribution < -0.4 is 0 Å². The number of halogens is 2. The molecular weight excluding hydrogens is 248 g/mol. The van der Waals surface area contributed by atoms with E-state index in [9.17, 15) is 0 Å². The van der Waals surface area contributed by atoms with E-state index in [-0.39, 0.29) is 0 Å². The van der Waals surface area contributed by atoms with Gasteiger partial charge in [-0.15, -0.1) is 0 Å². The molecule has 0 spiro atoms. The van der Waals surface area contributed by atoms with Gasteiger partial charge in [-0.05, 0) is 12.2 Å². The molecule has 0 atom stereocenters. The molecule has 0 saturated heterocycles. The fourth-order valence-corrected chi connectivity index (χ4v) is 0.534. The number of ether oxygens (including phenoxy) is 1. The van der Waals surface area contributed by atoms with Crippen molar-refractivity contribution < 1.29 is 4.74 Å². The van der Waals surface area contributed by atoms with Crippen molar-refractivity contribution in [3.8, 4) is 0 Å². The molecule has 0 heterocycles. The highest BCUT2D eigenvalue weighted by atomic mass is 79.9. The zero-order valence-corrected chi connectivity index (χ0v) is 8.06. The third-order valence-electron chi connectivity index (χ3n) is 0.528. The van der Waals surface area contributed by atoms with Crippen LogP contribution in [0.4, 0.5) is 0 Å². The predicted octanol–water partition coefficient (Wildman–Crippen LogP) is 2.82. The van der Waals surface area contributed by atoms with Crippen molar-refractivity contribution in [2.24, 2.45) is 0 Å². The van der Waals surface area contributed by atoms with Crippen LogP contribution in [0, 0.1) is 0 Å². The minimum Gasteiger partial charge on any atom is -0.473 e. The molecule has 0 aromatic carbocycles. The second-order valence-corrected chi connectivity index (χ2v) is 2.48. The first-order valence-electron chi connectivity index (χ1n) is 2.49. The summed E-state index contributed by atoms with van der Waals surface area (Å²) in [5.41, 5.74) is 0. The monoisotopic (exact) mass is 254 g/mol. The van der Waals surface area contributed by atoms with Crippen molar-refractivity contribution >= 4 is 31.9 Å². The lowest BCUT2D eigenvalue weighted by Crippen LogP contribution is -1.66. The van der Waals surface area contributed by atoms with Crippen molar-refractivity contribution in [1.82, 2.24) is 0 Å². The molecule has 0 aromatic heterocycles. The van der Waals surface area contributed by atoms with E-state index in [1.807, 2.05) is 12.2 Å². The molecule has 0 N–H and O–H groups in total. The highest BCUT2D eigenvalue weighted by Crippen LogP contribution is 1.86. The van der Waals surface area contributed by atoms with Crippen molar-refractivity contribution in [3.63, 3.8) is 0 Å². The van der Waals surface area contributed by atoms with Crippen LogP contribution in [0.2, 0.25) is 0 Å². The summed E-state index contributed by atoms with van der Waals surface area (Å²) in [6.07, 6.45) is 7.01. The van der Waals surface area contributed by atoms with Gasteiger partial charge in [-0.1, -0.05) is 31.9 Å². The fourth-order valence-electron chi connectivity index (χ4n) is 0.229. The maximum absolute atomic E-state index is 4.89. The average molecular weight is 256 g/mol. The summed E-state index contributed by atoms with van der Waals surface area (Å²) >= 11 is 6.44. The molecule has 0 aliphatic rings. The third kappa shape index (κ3) is 8.24. The minimum absolute atomic E-state index is 0.829. The Morgan fingerprint density at radius 2 is 1.44 bits per heavy atom. The molecule has 3 heteroatoms. The summed E-state index contributed by atoms with van der Waals surface area (Å²) in [5, 5.41) is 1.66. The maximum Gasteiger partial charge on any atom is 0.0869 e. The molecule has 0 saturated carbocycles. The summed E-state index contributed by atoms with van der Waals surface area (Å²) in [4.78, 5) is 0. The van der Waals surface area contributed by atoms with Gasteiger partial charge in [0.25, 0.3) is 0 Å². The number of allylic oxidation sites excluding steroid dienone is 2. The molecule has 0 rings (SSSR count). The van der Waals surface area contributed by atoms with Crippen LogP contribution in [0.5, 0.6) is 0 Å². The van der Waals surface area contributed by atoms with E-state index in [4.69, 9.17) is 4.74 Å². The molecule has 0 unspecified atom stereocenters. The molecule has 0 bridgehead atoms. The topological polar surface area (TPSA) is 9.23 Å². The van der Waals surface area contributed by atoms with Crippen LogP contribution in [0.3, 0.4) is 0 Å². The Morgan fingerprint density at radius 3 is 1.78 bits per heavy atom. The Hall–Kier alpha value is 0.240. The standard InChI is InChI=1S/C6H8Br2O/c7-3-1-5-9-6-2-4-8/h1-2,5-6H,3-4H2. The van der Waals surface area contributed by atoms with E-state index in [0.717, 1.165) is 10.7 Å². The molecule has 1 nitrogen and oxygen atoms in total. The quantitative estimate of drug-likeness (QED) is 0.555. The second-order valence-electron chi connectivity index (χ2n) is 1.19. The summed E-state index contributed by atoms with van der Waals surface area (Å²) in [6, 6.07) is 0. The van der Waals surface area contributed by atoms with Crippen molar-refractivity contribution in [2.45, 2.75) is 0 Å². The molecule has 0 fully saturated rings. The van der Waals surface area contributed by atoms with Crippen LogP contribution in [0.1, 0.15) is 0 Å². The lowest BCUT2D eigenvalue weighted by molar-refractivity contribution is 0.401. The van der Waals surface area contributed by atoms with E-state index < -0.39 is 0 Å². The molecular formula is C6H8Br2O. The van der Waals surface area contributed by atoms with E-state index in [0.29, 0.717) is 0 Å². The Kier molecular flexibility index (Phi) is 8.46. The van der Waals surface area contributed by atoms with E-state index in [2.05, 4.69) is 31.9 Å². The zero-order valence-electron chi connectivity index (χ0n) is 4.89. The van der Waals surface area contributed by atoms with Crippen LogP contribution in [-0.4, -0.2) is 10.7 Å². The molecule has 9 heavy (non-hydrogen) atoms. The van der Waals surface area contributed by atoms with Gasteiger partial charge in [0.1, 0.15) is 0 Å². The molecule has 0 aliphatic carbocycles. The van der Waals surface area contributed by atoms with Gasteiger partial charge >= 0.3 is 0 Å². The van der Waals surface area contributed by atoms with Gasteiger partial charge in [-0.3, -0.25) is 0 Å².